The van der Waals surface area contributed by atoms with Gasteiger partial charge in [-0.05, 0) is 12.1 Å². The topological polar surface area (TPSA) is 51.0 Å². The van der Waals surface area contributed by atoms with E-state index in [-0.39, 0.29) is 5.91 Å². The van der Waals surface area contributed by atoms with Crippen LogP contribution in [-0.2, 0) is 7.05 Å². The summed E-state index contributed by atoms with van der Waals surface area (Å²) in [4.78, 5) is 17.5. The van der Waals surface area contributed by atoms with Crippen LogP contribution in [0.15, 0.2) is 30.7 Å². The van der Waals surface area contributed by atoms with Gasteiger partial charge in [-0.25, -0.2) is 0 Å². The lowest BCUT2D eigenvalue weighted by Gasteiger charge is -2.09. The minimum atomic E-state index is -0.0461. The van der Waals surface area contributed by atoms with E-state index in [1.807, 2.05) is 19.3 Å². The van der Waals surface area contributed by atoms with Gasteiger partial charge in [0.05, 0.1) is 17.5 Å². The van der Waals surface area contributed by atoms with Gasteiger partial charge in [-0.15, -0.1) is 0 Å². The molecule has 0 fully saturated rings. The van der Waals surface area contributed by atoms with Crippen LogP contribution in [0.4, 0.5) is 0 Å². The SMILES string of the molecule is CN(C)C(=O)c1ccc(-c2cnn(C)c2)nc1. The molecule has 0 N–H and O–H groups in total. The predicted octanol–water partition coefficient (Wildman–Crippen LogP) is 1.18. The number of carbonyl (C=O) groups excluding carboxylic acids is 1. The van der Waals surface area contributed by atoms with Gasteiger partial charge in [0.1, 0.15) is 0 Å². The number of hydrogen-bond donors (Lipinski definition) is 0. The van der Waals surface area contributed by atoms with Crippen molar-refractivity contribution < 1.29 is 4.79 Å². The van der Waals surface area contributed by atoms with E-state index in [1.165, 1.54) is 4.90 Å². The van der Waals surface area contributed by atoms with Crippen molar-refractivity contribution in [2.45, 2.75) is 0 Å². The molecule has 0 aliphatic carbocycles. The number of nitrogens with zero attached hydrogens (tertiary/aromatic N) is 4. The minimum Gasteiger partial charge on any atom is -0.345 e. The van der Waals surface area contributed by atoms with Crippen LogP contribution >= 0.6 is 0 Å². The molecule has 0 aliphatic heterocycles. The zero-order chi connectivity index (χ0) is 12.4. The fraction of sp³-hybridized carbons (Fsp3) is 0.250. The van der Waals surface area contributed by atoms with Gasteiger partial charge in [0.25, 0.3) is 5.91 Å². The first kappa shape index (κ1) is 11.3. The van der Waals surface area contributed by atoms with Gasteiger partial charge in [0, 0.05) is 39.1 Å². The minimum absolute atomic E-state index is 0.0461. The Kier molecular flexibility index (Phi) is 2.91. The van der Waals surface area contributed by atoms with Crippen molar-refractivity contribution in [2.75, 3.05) is 14.1 Å². The van der Waals surface area contributed by atoms with Gasteiger partial charge in [0.2, 0.25) is 0 Å². The normalized spacial score (nSPS) is 10.3. The summed E-state index contributed by atoms with van der Waals surface area (Å²) in [5, 5.41) is 4.08. The lowest BCUT2D eigenvalue weighted by molar-refractivity contribution is 0.0827. The highest BCUT2D eigenvalue weighted by Crippen LogP contribution is 2.15. The summed E-state index contributed by atoms with van der Waals surface area (Å²) in [6.07, 6.45) is 5.22. The Bertz CT molecular complexity index is 528. The number of aryl methyl sites for hydroxylation is 1. The first-order valence-corrected chi connectivity index (χ1v) is 5.24. The van der Waals surface area contributed by atoms with Crippen molar-refractivity contribution in [3.63, 3.8) is 0 Å². The Morgan fingerprint density at radius 2 is 2.06 bits per heavy atom. The second kappa shape index (κ2) is 4.37. The lowest BCUT2D eigenvalue weighted by Crippen LogP contribution is -2.21. The van der Waals surface area contributed by atoms with Crippen molar-refractivity contribution in [1.82, 2.24) is 19.7 Å². The molecular weight excluding hydrogens is 216 g/mol. The van der Waals surface area contributed by atoms with Gasteiger partial charge in [-0.3, -0.25) is 14.5 Å². The molecule has 0 atom stereocenters. The van der Waals surface area contributed by atoms with Gasteiger partial charge in [-0.2, -0.15) is 5.10 Å². The van der Waals surface area contributed by atoms with E-state index in [9.17, 15) is 4.79 Å². The van der Waals surface area contributed by atoms with Crippen LogP contribution in [0.2, 0.25) is 0 Å². The summed E-state index contributed by atoms with van der Waals surface area (Å²) in [5.74, 6) is -0.0461. The molecule has 0 bridgehead atoms. The highest BCUT2D eigenvalue weighted by Gasteiger charge is 2.09. The first-order valence-electron chi connectivity index (χ1n) is 5.24. The number of carbonyl (C=O) groups is 1. The van der Waals surface area contributed by atoms with E-state index < -0.39 is 0 Å². The van der Waals surface area contributed by atoms with E-state index in [2.05, 4.69) is 10.1 Å². The number of aromatic nitrogens is 3. The molecule has 0 saturated heterocycles. The second-order valence-corrected chi connectivity index (χ2v) is 4.03. The molecule has 0 aliphatic rings. The monoisotopic (exact) mass is 230 g/mol. The van der Waals surface area contributed by atoms with E-state index in [4.69, 9.17) is 0 Å². The van der Waals surface area contributed by atoms with Crippen molar-refractivity contribution >= 4 is 5.91 Å². The van der Waals surface area contributed by atoms with Crippen LogP contribution in [-0.4, -0.2) is 39.7 Å². The Morgan fingerprint density at radius 1 is 1.29 bits per heavy atom. The number of amides is 1. The third-order valence-corrected chi connectivity index (χ3v) is 2.42. The number of hydrogen-bond acceptors (Lipinski definition) is 3. The highest BCUT2D eigenvalue weighted by molar-refractivity contribution is 5.93. The summed E-state index contributed by atoms with van der Waals surface area (Å²) < 4.78 is 1.72. The van der Waals surface area contributed by atoms with Crippen LogP contribution in [0.25, 0.3) is 11.3 Å². The zero-order valence-corrected chi connectivity index (χ0v) is 10.1. The summed E-state index contributed by atoms with van der Waals surface area (Å²) in [6, 6.07) is 3.60. The predicted molar refractivity (Wildman–Crippen MR) is 64.5 cm³/mol. The van der Waals surface area contributed by atoms with Gasteiger partial charge in [-0.1, -0.05) is 0 Å². The van der Waals surface area contributed by atoms with Crippen LogP contribution in [0, 0.1) is 0 Å². The van der Waals surface area contributed by atoms with E-state index >= 15 is 0 Å². The Labute approximate surface area is 99.7 Å². The molecule has 1 amide bonds. The van der Waals surface area contributed by atoms with Gasteiger partial charge < -0.3 is 4.90 Å². The molecule has 2 aromatic heterocycles. The standard InChI is InChI=1S/C12H14N4O/c1-15(2)12(17)9-4-5-11(13-6-9)10-7-14-16(3)8-10/h4-8H,1-3H3. The quantitative estimate of drug-likeness (QED) is 0.778. The number of pyridine rings is 1. The fourth-order valence-electron chi connectivity index (χ4n) is 1.50. The molecule has 0 saturated carbocycles. The molecule has 0 aromatic carbocycles. The molecule has 0 radical (unpaired) electrons. The molecule has 5 heteroatoms. The van der Waals surface area contributed by atoms with Crippen LogP contribution in [0.1, 0.15) is 10.4 Å². The molecule has 2 aromatic rings. The van der Waals surface area contributed by atoms with Crippen molar-refractivity contribution in [3.8, 4) is 11.3 Å². The van der Waals surface area contributed by atoms with Crippen molar-refractivity contribution in [1.29, 1.82) is 0 Å². The lowest BCUT2D eigenvalue weighted by atomic mass is 10.2. The van der Waals surface area contributed by atoms with Crippen LogP contribution in [0.5, 0.6) is 0 Å². The Hall–Kier alpha value is -2.17. The molecular formula is C12H14N4O. The zero-order valence-electron chi connectivity index (χ0n) is 10.1. The maximum Gasteiger partial charge on any atom is 0.254 e. The van der Waals surface area contributed by atoms with Gasteiger partial charge >= 0.3 is 0 Å². The van der Waals surface area contributed by atoms with Crippen LogP contribution in [0.3, 0.4) is 0 Å². The smallest absolute Gasteiger partial charge is 0.254 e. The van der Waals surface area contributed by atoms with E-state index in [0.717, 1.165) is 11.3 Å². The average Bonchev–Trinajstić information content (AvgIpc) is 2.75. The second-order valence-electron chi connectivity index (χ2n) is 4.03. The van der Waals surface area contributed by atoms with E-state index in [1.54, 1.807) is 37.2 Å². The maximum absolute atomic E-state index is 11.7. The molecule has 2 rings (SSSR count). The van der Waals surface area contributed by atoms with Gasteiger partial charge in [0.15, 0.2) is 0 Å². The van der Waals surface area contributed by atoms with Crippen molar-refractivity contribution in [2.24, 2.45) is 7.05 Å². The highest BCUT2D eigenvalue weighted by atomic mass is 16.2. The summed E-state index contributed by atoms with van der Waals surface area (Å²) >= 11 is 0. The Morgan fingerprint density at radius 3 is 2.53 bits per heavy atom. The molecule has 88 valence electrons. The molecule has 0 unspecified atom stereocenters. The summed E-state index contributed by atoms with van der Waals surface area (Å²) in [7, 11) is 5.29. The third kappa shape index (κ3) is 2.33. The molecule has 2 heterocycles. The van der Waals surface area contributed by atoms with E-state index in [0.29, 0.717) is 5.56 Å². The Balaban J connectivity index is 2.27. The summed E-state index contributed by atoms with van der Waals surface area (Å²) in [6.45, 7) is 0. The first-order chi connectivity index (χ1) is 8.08. The largest absolute Gasteiger partial charge is 0.345 e. The molecule has 17 heavy (non-hydrogen) atoms. The van der Waals surface area contributed by atoms with Crippen molar-refractivity contribution in [3.05, 3.63) is 36.3 Å². The average molecular weight is 230 g/mol. The maximum atomic E-state index is 11.7. The van der Waals surface area contributed by atoms with Crippen LogP contribution < -0.4 is 0 Å². The number of rotatable bonds is 2. The molecule has 0 spiro atoms. The molecule has 5 nitrogen and oxygen atoms in total. The third-order valence-electron chi connectivity index (χ3n) is 2.42. The summed E-state index contributed by atoms with van der Waals surface area (Å²) in [5.41, 5.74) is 2.34. The fourth-order valence-corrected chi connectivity index (χ4v) is 1.50.